The van der Waals surface area contributed by atoms with E-state index in [-0.39, 0.29) is 0 Å². The van der Waals surface area contributed by atoms with Gasteiger partial charge in [0.1, 0.15) is 0 Å². The largest absolute Gasteiger partial charge is 0.398 e. The van der Waals surface area contributed by atoms with Gasteiger partial charge < -0.3 is 11.5 Å². The smallest absolute Gasteiger partial charge is 0.0505 e. The van der Waals surface area contributed by atoms with Crippen LogP contribution in [-0.2, 0) is 0 Å². The van der Waals surface area contributed by atoms with Crippen LogP contribution in [0.3, 0.4) is 0 Å². The van der Waals surface area contributed by atoms with Crippen LogP contribution in [0.1, 0.15) is 11.1 Å². The number of anilines is 2. The monoisotopic (exact) mass is 280 g/mol. The molecule has 0 aromatic heterocycles. The lowest BCUT2D eigenvalue weighted by molar-refractivity contribution is 1.44. The summed E-state index contributed by atoms with van der Waals surface area (Å²) >= 11 is 12.5. The molecule has 0 amide bonds. The third-order valence-electron chi connectivity index (χ3n) is 3.00. The van der Waals surface area contributed by atoms with Crippen LogP contribution in [0.2, 0.25) is 10.0 Å². The molecule has 0 aliphatic heterocycles. The summed E-state index contributed by atoms with van der Waals surface area (Å²) in [7, 11) is 0. The number of nitrogens with two attached hydrogens (primary N) is 2. The van der Waals surface area contributed by atoms with E-state index in [9.17, 15) is 0 Å². The molecule has 0 heterocycles. The van der Waals surface area contributed by atoms with Crippen LogP contribution in [0.5, 0.6) is 0 Å². The van der Waals surface area contributed by atoms with E-state index in [1.54, 1.807) is 12.1 Å². The minimum absolute atomic E-state index is 0.587. The number of benzene rings is 2. The highest BCUT2D eigenvalue weighted by Gasteiger charge is 2.11. The molecule has 0 saturated heterocycles. The summed E-state index contributed by atoms with van der Waals surface area (Å²) < 4.78 is 0. The molecule has 0 unspecified atom stereocenters. The SMILES string of the molecule is Cc1cc(-c2cc(C)c(N)cc2Cl)c(Cl)cc1N. The van der Waals surface area contributed by atoms with E-state index >= 15 is 0 Å². The lowest BCUT2D eigenvalue weighted by atomic mass is 10.00. The van der Waals surface area contributed by atoms with Crippen LogP contribution in [-0.4, -0.2) is 0 Å². The van der Waals surface area contributed by atoms with E-state index in [1.165, 1.54) is 0 Å². The molecule has 0 fully saturated rings. The number of aryl methyl sites for hydroxylation is 2. The van der Waals surface area contributed by atoms with Gasteiger partial charge in [-0.25, -0.2) is 0 Å². The van der Waals surface area contributed by atoms with Crippen molar-refractivity contribution in [1.29, 1.82) is 0 Å². The zero-order valence-corrected chi connectivity index (χ0v) is 11.7. The van der Waals surface area contributed by atoms with Gasteiger partial charge in [-0.3, -0.25) is 0 Å². The number of nitrogen functional groups attached to an aromatic ring is 2. The molecule has 18 heavy (non-hydrogen) atoms. The zero-order chi connectivity index (χ0) is 13.4. The maximum absolute atomic E-state index is 6.23. The maximum atomic E-state index is 6.23. The van der Waals surface area contributed by atoms with Crippen LogP contribution < -0.4 is 11.5 Å². The third kappa shape index (κ3) is 2.26. The molecule has 0 radical (unpaired) electrons. The predicted molar refractivity (Wildman–Crippen MR) is 80.2 cm³/mol. The van der Waals surface area contributed by atoms with E-state index in [1.807, 2.05) is 26.0 Å². The second kappa shape index (κ2) is 4.71. The Hall–Kier alpha value is -1.38. The van der Waals surface area contributed by atoms with Crippen LogP contribution in [0.25, 0.3) is 11.1 Å². The van der Waals surface area contributed by atoms with Gasteiger partial charge in [0.15, 0.2) is 0 Å². The number of rotatable bonds is 1. The molecule has 2 rings (SSSR count). The van der Waals surface area contributed by atoms with E-state index < -0.39 is 0 Å². The minimum Gasteiger partial charge on any atom is -0.398 e. The zero-order valence-electron chi connectivity index (χ0n) is 10.2. The molecule has 0 saturated carbocycles. The Balaban J connectivity index is 2.69. The lowest BCUT2D eigenvalue weighted by Crippen LogP contribution is -1.94. The minimum atomic E-state index is 0.587. The first-order chi connectivity index (χ1) is 8.40. The summed E-state index contributed by atoms with van der Waals surface area (Å²) in [5.41, 5.74) is 16.7. The van der Waals surface area contributed by atoms with Crippen molar-refractivity contribution in [3.63, 3.8) is 0 Å². The summed E-state index contributed by atoms with van der Waals surface area (Å²) in [6, 6.07) is 7.37. The van der Waals surface area contributed by atoms with Gasteiger partial charge in [0, 0.05) is 22.5 Å². The van der Waals surface area contributed by atoms with Crippen LogP contribution in [0, 0.1) is 13.8 Å². The highest BCUT2D eigenvalue weighted by atomic mass is 35.5. The van der Waals surface area contributed by atoms with Gasteiger partial charge in [0.05, 0.1) is 10.0 Å². The molecule has 0 bridgehead atoms. The van der Waals surface area contributed by atoms with Crippen molar-refractivity contribution < 1.29 is 0 Å². The molecular weight excluding hydrogens is 267 g/mol. The predicted octanol–water partition coefficient (Wildman–Crippen LogP) is 4.44. The number of hydrogen-bond donors (Lipinski definition) is 2. The van der Waals surface area contributed by atoms with Crippen LogP contribution in [0.15, 0.2) is 24.3 Å². The van der Waals surface area contributed by atoms with Crippen molar-refractivity contribution in [3.8, 4) is 11.1 Å². The lowest BCUT2D eigenvalue weighted by Gasteiger charge is -2.12. The first-order valence-corrected chi connectivity index (χ1v) is 6.27. The van der Waals surface area contributed by atoms with Gasteiger partial charge in [0.25, 0.3) is 0 Å². The number of halogens is 2. The molecule has 0 atom stereocenters. The summed E-state index contributed by atoms with van der Waals surface area (Å²) in [6.07, 6.45) is 0. The molecule has 2 aromatic rings. The van der Waals surface area contributed by atoms with Crippen LogP contribution in [0.4, 0.5) is 11.4 Å². The van der Waals surface area contributed by atoms with Crippen molar-refractivity contribution in [1.82, 2.24) is 0 Å². The molecule has 94 valence electrons. The highest BCUT2D eigenvalue weighted by molar-refractivity contribution is 6.36. The van der Waals surface area contributed by atoms with Gasteiger partial charge in [0.2, 0.25) is 0 Å². The fourth-order valence-corrected chi connectivity index (χ4v) is 2.35. The Morgan fingerprint density at radius 3 is 1.39 bits per heavy atom. The normalized spacial score (nSPS) is 10.7. The van der Waals surface area contributed by atoms with E-state index in [0.29, 0.717) is 21.4 Å². The summed E-state index contributed by atoms with van der Waals surface area (Å²) in [4.78, 5) is 0. The fraction of sp³-hybridized carbons (Fsp3) is 0.143. The summed E-state index contributed by atoms with van der Waals surface area (Å²) in [5, 5.41) is 1.17. The standard InChI is InChI=1S/C14H14Cl2N2/c1-7-3-9(11(15)5-13(7)17)10-4-8(2)14(18)6-12(10)16/h3-6H,17-18H2,1-2H3. The van der Waals surface area contributed by atoms with Gasteiger partial charge in [-0.1, -0.05) is 23.2 Å². The maximum Gasteiger partial charge on any atom is 0.0505 e. The summed E-state index contributed by atoms with van der Waals surface area (Å²) in [6.45, 7) is 3.88. The highest BCUT2D eigenvalue weighted by Crippen LogP contribution is 2.37. The van der Waals surface area contributed by atoms with Crippen LogP contribution >= 0.6 is 23.2 Å². The van der Waals surface area contributed by atoms with Gasteiger partial charge in [-0.05, 0) is 49.2 Å². The molecule has 0 spiro atoms. The molecule has 2 nitrogen and oxygen atoms in total. The molecule has 4 N–H and O–H groups in total. The quantitative estimate of drug-likeness (QED) is 0.759. The Morgan fingerprint density at radius 1 is 0.722 bits per heavy atom. The second-order valence-electron chi connectivity index (χ2n) is 4.38. The van der Waals surface area contributed by atoms with Gasteiger partial charge in [-0.15, -0.1) is 0 Å². The van der Waals surface area contributed by atoms with E-state index in [4.69, 9.17) is 34.7 Å². The molecule has 0 aliphatic carbocycles. The Bertz CT molecular complexity index is 566. The number of hydrogen-bond acceptors (Lipinski definition) is 2. The Labute approximate surface area is 117 Å². The van der Waals surface area contributed by atoms with Gasteiger partial charge in [-0.2, -0.15) is 0 Å². The third-order valence-corrected chi connectivity index (χ3v) is 3.63. The van der Waals surface area contributed by atoms with Crippen molar-refractivity contribution >= 4 is 34.6 Å². The Morgan fingerprint density at radius 2 is 1.06 bits per heavy atom. The van der Waals surface area contributed by atoms with E-state index in [2.05, 4.69) is 0 Å². The molecule has 0 aliphatic rings. The van der Waals surface area contributed by atoms with Crippen molar-refractivity contribution in [2.24, 2.45) is 0 Å². The average Bonchev–Trinajstić information content (AvgIpc) is 2.29. The topological polar surface area (TPSA) is 52.0 Å². The fourth-order valence-electron chi connectivity index (χ4n) is 1.81. The van der Waals surface area contributed by atoms with E-state index in [0.717, 1.165) is 22.3 Å². The second-order valence-corrected chi connectivity index (χ2v) is 5.19. The first-order valence-electron chi connectivity index (χ1n) is 5.51. The van der Waals surface area contributed by atoms with Crippen molar-refractivity contribution in [2.75, 3.05) is 11.5 Å². The first kappa shape index (κ1) is 13.1. The molecular formula is C14H14Cl2N2. The summed E-state index contributed by atoms with van der Waals surface area (Å²) in [5.74, 6) is 0. The molecule has 4 heteroatoms. The van der Waals surface area contributed by atoms with Gasteiger partial charge >= 0.3 is 0 Å². The Kier molecular flexibility index (Phi) is 3.42. The van der Waals surface area contributed by atoms with Crippen molar-refractivity contribution in [2.45, 2.75) is 13.8 Å². The molecule has 2 aromatic carbocycles. The average molecular weight is 281 g/mol. The van der Waals surface area contributed by atoms with Crippen molar-refractivity contribution in [3.05, 3.63) is 45.4 Å².